The number of hydrogen-bond acceptors (Lipinski definition) is 5. The molecule has 25 heavy (non-hydrogen) atoms. The second-order valence-electron chi connectivity index (χ2n) is 6.86. The van der Waals surface area contributed by atoms with E-state index in [2.05, 4.69) is 24.1 Å². The highest BCUT2D eigenvalue weighted by molar-refractivity contribution is 5.81. The van der Waals surface area contributed by atoms with Crippen LogP contribution in [0.15, 0.2) is 24.3 Å². The molecule has 1 amide bonds. The van der Waals surface area contributed by atoms with Crippen molar-refractivity contribution in [1.82, 2.24) is 10.2 Å². The highest BCUT2D eigenvalue weighted by Crippen LogP contribution is 2.18. The summed E-state index contributed by atoms with van der Waals surface area (Å²) in [5.41, 5.74) is 6.89. The minimum absolute atomic E-state index is 0.114. The third-order valence-corrected chi connectivity index (χ3v) is 4.26. The van der Waals surface area contributed by atoms with Gasteiger partial charge in [0.1, 0.15) is 12.4 Å². The van der Waals surface area contributed by atoms with Gasteiger partial charge in [0.25, 0.3) is 0 Å². The lowest BCUT2D eigenvalue weighted by atomic mass is 10.0. The average molecular weight is 349 g/mol. The number of morpholine rings is 1. The van der Waals surface area contributed by atoms with E-state index in [1.54, 1.807) is 0 Å². The summed E-state index contributed by atoms with van der Waals surface area (Å²) in [7, 11) is 0. The van der Waals surface area contributed by atoms with Crippen LogP contribution in [0.2, 0.25) is 0 Å². The van der Waals surface area contributed by atoms with Gasteiger partial charge in [-0.1, -0.05) is 32.0 Å². The maximum atomic E-state index is 12.1. The van der Waals surface area contributed by atoms with Crippen LogP contribution in [-0.4, -0.2) is 56.3 Å². The molecule has 0 unspecified atom stereocenters. The van der Waals surface area contributed by atoms with E-state index in [0.29, 0.717) is 25.5 Å². The molecule has 2 rings (SSSR count). The molecule has 1 aromatic rings. The van der Waals surface area contributed by atoms with Crippen LogP contribution in [0.3, 0.4) is 0 Å². The van der Waals surface area contributed by atoms with Crippen molar-refractivity contribution in [1.29, 1.82) is 0 Å². The Morgan fingerprint density at radius 3 is 2.76 bits per heavy atom. The highest BCUT2D eigenvalue weighted by Gasteiger charge is 2.15. The molecule has 0 bridgehead atoms. The molecule has 1 heterocycles. The minimum Gasteiger partial charge on any atom is -0.492 e. The number of nitrogens with zero attached hydrogens (tertiary/aromatic N) is 1. The van der Waals surface area contributed by atoms with E-state index in [1.807, 2.05) is 24.3 Å². The standard InChI is InChI=1S/C19H31N3O3/c1-15(2)13-17(20)19(23)21-14-16-5-3-4-6-18(16)25-12-9-22-7-10-24-11-8-22/h3-6,15,17H,7-14,20H2,1-2H3,(H,21,23)/t17-/m0/s1. The Morgan fingerprint density at radius 1 is 1.32 bits per heavy atom. The van der Waals surface area contributed by atoms with Crippen LogP contribution in [0.4, 0.5) is 0 Å². The molecule has 1 aliphatic rings. The topological polar surface area (TPSA) is 76.8 Å². The summed E-state index contributed by atoms with van der Waals surface area (Å²) < 4.78 is 11.3. The lowest BCUT2D eigenvalue weighted by Crippen LogP contribution is -2.41. The summed E-state index contributed by atoms with van der Waals surface area (Å²) in [6, 6.07) is 7.34. The van der Waals surface area contributed by atoms with Crippen molar-refractivity contribution < 1.29 is 14.3 Å². The second-order valence-corrected chi connectivity index (χ2v) is 6.86. The highest BCUT2D eigenvalue weighted by atomic mass is 16.5. The molecule has 0 saturated carbocycles. The normalized spacial score (nSPS) is 16.6. The van der Waals surface area contributed by atoms with Crippen molar-refractivity contribution in [2.45, 2.75) is 32.9 Å². The van der Waals surface area contributed by atoms with Gasteiger partial charge in [-0.2, -0.15) is 0 Å². The van der Waals surface area contributed by atoms with Crippen molar-refractivity contribution in [3.8, 4) is 5.75 Å². The summed E-state index contributed by atoms with van der Waals surface area (Å²) in [4.78, 5) is 14.4. The van der Waals surface area contributed by atoms with Gasteiger partial charge in [-0.05, 0) is 18.4 Å². The SMILES string of the molecule is CC(C)C[C@H](N)C(=O)NCc1ccccc1OCCN1CCOCC1. The predicted octanol–water partition coefficient (Wildman–Crippen LogP) is 1.39. The Bertz CT molecular complexity index is 530. The van der Waals surface area contributed by atoms with Gasteiger partial charge in [0.2, 0.25) is 5.91 Å². The number of nitrogens with one attached hydrogen (secondary N) is 1. The van der Waals surface area contributed by atoms with Crippen LogP contribution >= 0.6 is 0 Å². The smallest absolute Gasteiger partial charge is 0.237 e. The Labute approximate surface area is 150 Å². The Hall–Kier alpha value is -1.63. The number of benzene rings is 1. The van der Waals surface area contributed by atoms with Crippen molar-refractivity contribution in [2.75, 3.05) is 39.5 Å². The summed E-state index contributed by atoms with van der Waals surface area (Å²) in [5.74, 6) is 1.10. The molecule has 0 aromatic heterocycles. The van der Waals surface area contributed by atoms with Gasteiger partial charge in [-0.3, -0.25) is 9.69 Å². The molecule has 0 aliphatic carbocycles. The molecule has 1 fully saturated rings. The maximum Gasteiger partial charge on any atom is 0.237 e. The predicted molar refractivity (Wildman–Crippen MR) is 98.5 cm³/mol. The van der Waals surface area contributed by atoms with E-state index in [4.69, 9.17) is 15.2 Å². The van der Waals surface area contributed by atoms with Gasteiger partial charge >= 0.3 is 0 Å². The lowest BCUT2D eigenvalue weighted by molar-refractivity contribution is -0.122. The molecular formula is C19H31N3O3. The molecule has 140 valence electrons. The zero-order valence-electron chi connectivity index (χ0n) is 15.4. The zero-order chi connectivity index (χ0) is 18.1. The molecule has 1 saturated heterocycles. The number of carbonyl (C=O) groups excluding carboxylic acids is 1. The molecule has 3 N–H and O–H groups in total. The number of amides is 1. The van der Waals surface area contributed by atoms with Crippen molar-refractivity contribution in [3.05, 3.63) is 29.8 Å². The molecule has 0 spiro atoms. The first kappa shape index (κ1) is 19.7. The van der Waals surface area contributed by atoms with Crippen LogP contribution in [0, 0.1) is 5.92 Å². The van der Waals surface area contributed by atoms with Crippen LogP contribution in [0.1, 0.15) is 25.8 Å². The van der Waals surface area contributed by atoms with Crippen molar-refractivity contribution >= 4 is 5.91 Å². The third kappa shape index (κ3) is 7.02. The zero-order valence-corrected chi connectivity index (χ0v) is 15.4. The third-order valence-electron chi connectivity index (χ3n) is 4.26. The first-order valence-corrected chi connectivity index (χ1v) is 9.10. The van der Waals surface area contributed by atoms with Gasteiger partial charge in [-0.15, -0.1) is 0 Å². The Morgan fingerprint density at radius 2 is 2.04 bits per heavy atom. The second kappa shape index (κ2) is 10.4. The largest absolute Gasteiger partial charge is 0.492 e. The van der Waals surface area contributed by atoms with Crippen LogP contribution < -0.4 is 15.8 Å². The monoisotopic (exact) mass is 349 g/mol. The first-order valence-electron chi connectivity index (χ1n) is 9.10. The summed E-state index contributed by atoms with van der Waals surface area (Å²) in [5, 5.41) is 2.91. The average Bonchev–Trinajstić information content (AvgIpc) is 2.61. The van der Waals surface area contributed by atoms with E-state index in [-0.39, 0.29) is 5.91 Å². The quantitative estimate of drug-likeness (QED) is 0.704. The van der Waals surface area contributed by atoms with E-state index < -0.39 is 6.04 Å². The van der Waals surface area contributed by atoms with E-state index >= 15 is 0 Å². The van der Waals surface area contributed by atoms with E-state index in [9.17, 15) is 4.79 Å². The van der Waals surface area contributed by atoms with E-state index in [1.165, 1.54) is 0 Å². The van der Waals surface area contributed by atoms with Crippen LogP contribution in [0.25, 0.3) is 0 Å². The number of rotatable bonds is 9. The summed E-state index contributed by atoms with van der Waals surface area (Å²) in [6.07, 6.45) is 0.684. The number of nitrogens with two attached hydrogens (primary N) is 1. The number of para-hydroxylation sites is 1. The molecule has 6 heteroatoms. The van der Waals surface area contributed by atoms with Crippen LogP contribution in [0.5, 0.6) is 5.75 Å². The Kier molecular flexibility index (Phi) is 8.18. The number of ether oxygens (including phenoxy) is 2. The lowest BCUT2D eigenvalue weighted by Gasteiger charge is -2.26. The number of hydrogen-bond donors (Lipinski definition) is 2. The summed E-state index contributed by atoms with van der Waals surface area (Å²) >= 11 is 0. The van der Waals surface area contributed by atoms with E-state index in [0.717, 1.165) is 44.2 Å². The molecular weight excluding hydrogens is 318 g/mol. The fraction of sp³-hybridized carbons (Fsp3) is 0.632. The molecule has 0 radical (unpaired) electrons. The fourth-order valence-corrected chi connectivity index (χ4v) is 2.83. The molecule has 1 aromatic carbocycles. The van der Waals surface area contributed by atoms with Gasteiger partial charge in [0.15, 0.2) is 0 Å². The van der Waals surface area contributed by atoms with Gasteiger partial charge in [0, 0.05) is 31.7 Å². The minimum atomic E-state index is -0.464. The maximum absolute atomic E-state index is 12.1. The fourth-order valence-electron chi connectivity index (χ4n) is 2.83. The van der Waals surface area contributed by atoms with Gasteiger partial charge in [0.05, 0.1) is 19.3 Å². The van der Waals surface area contributed by atoms with Crippen LogP contribution in [-0.2, 0) is 16.1 Å². The Balaban J connectivity index is 1.79. The van der Waals surface area contributed by atoms with Crippen molar-refractivity contribution in [2.24, 2.45) is 11.7 Å². The van der Waals surface area contributed by atoms with Gasteiger partial charge < -0.3 is 20.5 Å². The molecule has 6 nitrogen and oxygen atoms in total. The van der Waals surface area contributed by atoms with Gasteiger partial charge in [-0.25, -0.2) is 0 Å². The summed E-state index contributed by atoms with van der Waals surface area (Å²) in [6.45, 7) is 9.54. The molecule has 1 aliphatic heterocycles. The molecule has 1 atom stereocenters. The number of carbonyl (C=O) groups is 1. The first-order chi connectivity index (χ1) is 12.1. The van der Waals surface area contributed by atoms with Crippen molar-refractivity contribution in [3.63, 3.8) is 0 Å².